The fraction of sp³-hybridized carbons (Fsp3) is 0.167. The van der Waals surface area contributed by atoms with E-state index in [0.29, 0.717) is 5.89 Å². The van der Waals surface area contributed by atoms with Crippen LogP contribution in [0.1, 0.15) is 29.3 Å². The lowest BCUT2D eigenvalue weighted by atomic mass is 10.2. The number of carbonyl (C=O) groups is 1. The molecular weight excluding hydrogens is 370 g/mol. The number of benzene rings is 2. The van der Waals surface area contributed by atoms with Gasteiger partial charge in [-0.2, -0.15) is 0 Å². The van der Waals surface area contributed by atoms with E-state index in [0.717, 1.165) is 11.8 Å². The van der Waals surface area contributed by atoms with Gasteiger partial charge in [0.25, 0.3) is 5.89 Å². The van der Waals surface area contributed by atoms with E-state index in [-0.39, 0.29) is 17.1 Å². The number of ether oxygens (including phenoxy) is 1. The van der Waals surface area contributed by atoms with Crippen molar-refractivity contribution >= 4 is 21.7 Å². The third-order valence-electron chi connectivity index (χ3n) is 3.54. The molecule has 1 N–H and O–H groups in total. The van der Waals surface area contributed by atoms with Crippen LogP contribution < -0.4 is 4.72 Å². The van der Waals surface area contributed by atoms with E-state index in [1.165, 1.54) is 12.1 Å². The van der Waals surface area contributed by atoms with Crippen LogP contribution in [0.3, 0.4) is 0 Å². The van der Waals surface area contributed by atoms with Gasteiger partial charge in [-0.05, 0) is 31.2 Å². The van der Waals surface area contributed by atoms with Crippen molar-refractivity contribution in [2.24, 2.45) is 0 Å². The Balaban J connectivity index is 1.76. The van der Waals surface area contributed by atoms with Gasteiger partial charge in [0.05, 0.1) is 17.5 Å². The molecule has 1 aromatic heterocycles. The maximum Gasteiger partial charge on any atom is 0.341 e. The molecule has 0 aliphatic carbocycles. The summed E-state index contributed by atoms with van der Waals surface area (Å²) in [7, 11) is -3.54. The lowest BCUT2D eigenvalue weighted by Crippen LogP contribution is -2.15. The normalized spacial score (nSPS) is 12.4. The minimum atomic E-state index is -3.54. The lowest BCUT2D eigenvalue weighted by Gasteiger charge is -2.12. The van der Waals surface area contributed by atoms with Crippen LogP contribution in [0.15, 0.2) is 59.0 Å². The molecule has 0 amide bonds. The fourth-order valence-electron chi connectivity index (χ4n) is 2.32. The molecule has 0 radical (unpaired) electrons. The number of nitrogens with one attached hydrogen (secondary N) is 1. The predicted molar refractivity (Wildman–Crippen MR) is 98.5 cm³/mol. The van der Waals surface area contributed by atoms with Crippen molar-refractivity contribution < 1.29 is 22.4 Å². The average molecular weight is 387 g/mol. The number of sulfonamides is 1. The van der Waals surface area contributed by atoms with E-state index >= 15 is 0 Å². The third kappa shape index (κ3) is 4.70. The summed E-state index contributed by atoms with van der Waals surface area (Å²) in [4.78, 5) is 12.5. The second-order valence-electron chi connectivity index (χ2n) is 5.78. The highest BCUT2D eigenvalue weighted by molar-refractivity contribution is 7.92. The van der Waals surface area contributed by atoms with Gasteiger partial charge in [0.2, 0.25) is 15.9 Å². The minimum absolute atomic E-state index is 0.0811. The molecule has 1 heterocycles. The number of aromatic nitrogens is 2. The molecule has 8 nitrogen and oxygen atoms in total. The van der Waals surface area contributed by atoms with Gasteiger partial charge in [0.1, 0.15) is 0 Å². The first-order valence-electron chi connectivity index (χ1n) is 8.00. The van der Waals surface area contributed by atoms with E-state index in [2.05, 4.69) is 14.9 Å². The lowest BCUT2D eigenvalue weighted by molar-refractivity contribution is 0.0281. The second-order valence-corrected chi connectivity index (χ2v) is 7.53. The molecule has 0 spiro atoms. The highest BCUT2D eigenvalue weighted by Crippen LogP contribution is 2.24. The molecule has 1 atom stereocenters. The van der Waals surface area contributed by atoms with Crippen LogP contribution in [0.2, 0.25) is 0 Å². The smallest absolute Gasteiger partial charge is 0.341 e. The molecule has 1 unspecified atom stereocenters. The van der Waals surface area contributed by atoms with Crippen LogP contribution >= 0.6 is 0 Å². The first kappa shape index (κ1) is 18.6. The number of rotatable bonds is 6. The zero-order valence-electron chi connectivity index (χ0n) is 14.6. The molecule has 9 heteroatoms. The number of hydrogen-bond donors (Lipinski definition) is 1. The summed E-state index contributed by atoms with van der Waals surface area (Å²) in [6.45, 7) is 1.59. The Morgan fingerprint density at radius 1 is 1.07 bits per heavy atom. The van der Waals surface area contributed by atoms with Gasteiger partial charge < -0.3 is 9.15 Å². The van der Waals surface area contributed by atoms with Crippen LogP contribution in [-0.4, -0.2) is 30.8 Å². The molecule has 27 heavy (non-hydrogen) atoms. The van der Waals surface area contributed by atoms with Crippen molar-refractivity contribution in [3.8, 4) is 11.5 Å². The van der Waals surface area contributed by atoms with Crippen molar-refractivity contribution in [2.45, 2.75) is 13.0 Å². The Labute approximate surface area is 156 Å². The number of esters is 1. The molecule has 3 rings (SSSR count). The topological polar surface area (TPSA) is 111 Å². The zero-order chi connectivity index (χ0) is 19.4. The van der Waals surface area contributed by atoms with Crippen molar-refractivity contribution in [1.29, 1.82) is 0 Å². The maximum atomic E-state index is 12.5. The van der Waals surface area contributed by atoms with Gasteiger partial charge in [0, 0.05) is 5.56 Å². The van der Waals surface area contributed by atoms with E-state index < -0.39 is 22.1 Å². The van der Waals surface area contributed by atoms with E-state index in [9.17, 15) is 13.2 Å². The molecule has 3 aromatic rings. The van der Waals surface area contributed by atoms with Gasteiger partial charge in [-0.15, -0.1) is 10.2 Å². The average Bonchev–Trinajstić information content (AvgIpc) is 3.12. The third-order valence-corrected chi connectivity index (χ3v) is 4.13. The molecule has 140 valence electrons. The largest absolute Gasteiger partial charge is 0.449 e. The summed E-state index contributed by atoms with van der Waals surface area (Å²) in [5.41, 5.74) is 0.961. The van der Waals surface area contributed by atoms with Crippen molar-refractivity contribution in [3.05, 3.63) is 66.1 Å². The first-order chi connectivity index (χ1) is 12.8. The van der Waals surface area contributed by atoms with Crippen molar-refractivity contribution in [2.75, 3.05) is 11.0 Å². The standard InChI is InChI=1S/C18H17N3O5S/c1-12(16-19-20-17(26-16)13-8-4-3-5-9-13)25-18(22)14-10-6-7-11-15(14)21-27(2,23)24/h3-12,21H,1-2H3. The van der Waals surface area contributed by atoms with Gasteiger partial charge >= 0.3 is 5.97 Å². The molecule has 0 fully saturated rings. The van der Waals surface area contributed by atoms with Crippen LogP contribution in [0.5, 0.6) is 0 Å². The summed E-state index contributed by atoms with van der Waals surface area (Å²) < 4.78 is 36.1. The van der Waals surface area contributed by atoms with Crippen LogP contribution in [0, 0.1) is 0 Å². The Morgan fingerprint density at radius 2 is 1.74 bits per heavy atom. The van der Waals surface area contributed by atoms with Gasteiger partial charge in [-0.25, -0.2) is 13.2 Å². The fourth-order valence-corrected chi connectivity index (χ4v) is 2.90. The summed E-state index contributed by atoms with van der Waals surface area (Å²) >= 11 is 0. The number of carbonyl (C=O) groups excluding carboxylic acids is 1. The number of hydrogen-bond acceptors (Lipinski definition) is 7. The van der Waals surface area contributed by atoms with Crippen LogP contribution in [0.4, 0.5) is 5.69 Å². The molecular formula is C18H17N3O5S. The van der Waals surface area contributed by atoms with Gasteiger partial charge in [-0.3, -0.25) is 4.72 Å². The highest BCUT2D eigenvalue weighted by atomic mass is 32.2. The molecule has 2 aromatic carbocycles. The van der Waals surface area contributed by atoms with E-state index in [1.807, 2.05) is 30.3 Å². The number of anilines is 1. The monoisotopic (exact) mass is 387 g/mol. The minimum Gasteiger partial charge on any atom is -0.449 e. The second kappa shape index (κ2) is 7.58. The van der Waals surface area contributed by atoms with E-state index in [1.54, 1.807) is 19.1 Å². The zero-order valence-corrected chi connectivity index (χ0v) is 15.4. The maximum absolute atomic E-state index is 12.5. The molecule has 0 aliphatic rings. The molecule has 0 bridgehead atoms. The van der Waals surface area contributed by atoms with E-state index in [4.69, 9.17) is 9.15 Å². The first-order valence-corrected chi connectivity index (χ1v) is 9.89. The summed E-state index contributed by atoms with van der Waals surface area (Å²) in [5, 5.41) is 7.87. The molecule has 0 aliphatic heterocycles. The molecule has 0 saturated heterocycles. The van der Waals surface area contributed by atoms with Crippen LogP contribution in [-0.2, 0) is 14.8 Å². The Bertz CT molecular complexity index is 1050. The predicted octanol–water partition coefficient (Wildman–Crippen LogP) is 3.03. The van der Waals surface area contributed by atoms with Gasteiger partial charge in [-0.1, -0.05) is 30.3 Å². The quantitative estimate of drug-likeness (QED) is 0.647. The Kier molecular flexibility index (Phi) is 5.22. The van der Waals surface area contributed by atoms with Crippen molar-refractivity contribution in [1.82, 2.24) is 10.2 Å². The summed E-state index contributed by atoms with van der Waals surface area (Å²) in [6.07, 6.45) is 0.190. The SMILES string of the molecule is CC(OC(=O)c1ccccc1NS(C)(=O)=O)c1nnc(-c2ccccc2)o1. The van der Waals surface area contributed by atoms with Gasteiger partial charge in [0.15, 0.2) is 6.10 Å². The summed E-state index contributed by atoms with van der Waals surface area (Å²) in [5.74, 6) is -0.267. The Morgan fingerprint density at radius 3 is 2.44 bits per heavy atom. The summed E-state index contributed by atoms with van der Waals surface area (Å²) in [6, 6.07) is 15.3. The van der Waals surface area contributed by atoms with Crippen LogP contribution in [0.25, 0.3) is 11.5 Å². The van der Waals surface area contributed by atoms with Crippen molar-refractivity contribution in [3.63, 3.8) is 0 Å². The Hall–Kier alpha value is -3.20. The molecule has 0 saturated carbocycles. The highest BCUT2D eigenvalue weighted by Gasteiger charge is 2.22. The number of nitrogens with zero attached hydrogens (tertiary/aromatic N) is 2. The number of para-hydroxylation sites is 1.